The largest absolute Gasteiger partial charge is 0.494 e. The minimum Gasteiger partial charge on any atom is -0.494 e. The van der Waals surface area contributed by atoms with Gasteiger partial charge in [0.05, 0.1) is 16.8 Å². The van der Waals surface area contributed by atoms with Crippen molar-refractivity contribution in [2.24, 2.45) is 4.99 Å². The van der Waals surface area contributed by atoms with E-state index in [9.17, 15) is 9.50 Å². The fourth-order valence-electron chi connectivity index (χ4n) is 3.32. The Morgan fingerprint density at radius 3 is 2.57 bits per heavy atom. The molecule has 5 nitrogen and oxygen atoms in total. The molecule has 1 aromatic heterocycles. The molecule has 6 heteroatoms. The van der Waals surface area contributed by atoms with Crippen LogP contribution in [-0.2, 0) is 0 Å². The minimum atomic E-state index is -0.391. The van der Waals surface area contributed by atoms with Gasteiger partial charge in [0.1, 0.15) is 5.82 Å². The molecule has 0 aliphatic heterocycles. The number of benzene rings is 2. The number of aliphatic imine (C=N–C) groups is 1. The summed E-state index contributed by atoms with van der Waals surface area (Å²) in [5, 5.41) is 13.9. The molecule has 0 amide bonds. The molecule has 0 spiro atoms. The summed E-state index contributed by atoms with van der Waals surface area (Å²) in [7, 11) is 0. The molecule has 0 aliphatic rings. The van der Waals surface area contributed by atoms with Crippen LogP contribution in [0, 0.1) is 5.82 Å². The van der Waals surface area contributed by atoms with Crippen LogP contribution in [0.5, 0.6) is 5.88 Å². The number of nitrogens with zero attached hydrogens (tertiary/aromatic N) is 2. The molecule has 28 heavy (non-hydrogen) atoms. The SMILES string of the molecule is CCN(CC)CC(C)Nc1ccc(N=Cc2c(O)[nH]c3cccc(F)c23)cc1. The lowest BCUT2D eigenvalue weighted by Gasteiger charge is -2.24. The van der Waals surface area contributed by atoms with Crippen LogP contribution in [0.3, 0.4) is 0 Å². The molecule has 148 valence electrons. The second-order valence-corrected chi connectivity index (χ2v) is 6.89. The van der Waals surface area contributed by atoms with Gasteiger partial charge in [0.2, 0.25) is 0 Å². The average Bonchev–Trinajstić information content (AvgIpc) is 3.02. The normalized spacial score (nSPS) is 12.9. The lowest BCUT2D eigenvalue weighted by molar-refractivity contribution is 0.295. The van der Waals surface area contributed by atoms with Crippen LogP contribution in [0.15, 0.2) is 47.5 Å². The highest BCUT2D eigenvalue weighted by molar-refractivity contribution is 6.02. The van der Waals surface area contributed by atoms with Crippen LogP contribution in [0.25, 0.3) is 10.9 Å². The van der Waals surface area contributed by atoms with E-state index in [4.69, 9.17) is 0 Å². The lowest BCUT2D eigenvalue weighted by Crippen LogP contribution is -2.34. The Morgan fingerprint density at radius 2 is 1.89 bits per heavy atom. The van der Waals surface area contributed by atoms with E-state index in [1.54, 1.807) is 12.1 Å². The zero-order chi connectivity index (χ0) is 20.1. The van der Waals surface area contributed by atoms with Gasteiger partial charge in [0.25, 0.3) is 0 Å². The molecule has 0 radical (unpaired) electrons. The monoisotopic (exact) mass is 382 g/mol. The Kier molecular flexibility index (Phi) is 6.31. The molecule has 3 aromatic rings. The third-order valence-corrected chi connectivity index (χ3v) is 4.84. The van der Waals surface area contributed by atoms with Crippen molar-refractivity contribution in [3.05, 3.63) is 53.8 Å². The molecule has 3 rings (SSSR count). The Bertz CT molecular complexity index is 945. The number of H-pyrrole nitrogens is 1. The number of halogens is 1. The molecule has 0 fully saturated rings. The van der Waals surface area contributed by atoms with Crippen molar-refractivity contribution in [2.45, 2.75) is 26.8 Å². The number of likely N-dealkylation sites (N-methyl/N-ethyl adjacent to an activating group) is 1. The third kappa shape index (κ3) is 4.51. The predicted molar refractivity (Wildman–Crippen MR) is 114 cm³/mol. The number of aromatic amines is 1. The predicted octanol–water partition coefficient (Wildman–Crippen LogP) is 4.91. The van der Waals surface area contributed by atoms with E-state index in [1.165, 1.54) is 12.3 Å². The van der Waals surface area contributed by atoms with Crippen molar-refractivity contribution in [3.8, 4) is 5.88 Å². The zero-order valence-corrected chi connectivity index (χ0v) is 16.5. The molecule has 2 aromatic carbocycles. The first-order valence-electron chi connectivity index (χ1n) is 9.64. The number of anilines is 1. The van der Waals surface area contributed by atoms with Gasteiger partial charge in [0.15, 0.2) is 5.88 Å². The van der Waals surface area contributed by atoms with Crippen molar-refractivity contribution < 1.29 is 9.50 Å². The van der Waals surface area contributed by atoms with E-state index in [0.29, 0.717) is 22.5 Å². The maximum absolute atomic E-state index is 14.1. The van der Waals surface area contributed by atoms with Gasteiger partial charge in [-0.2, -0.15) is 0 Å². The van der Waals surface area contributed by atoms with Crippen LogP contribution in [-0.4, -0.2) is 46.9 Å². The van der Waals surface area contributed by atoms with Gasteiger partial charge >= 0.3 is 0 Å². The lowest BCUT2D eigenvalue weighted by atomic mass is 10.1. The summed E-state index contributed by atoms with van der Waals surface area (Å²) in [6.45, 7) is 9.56. The van der Waals surface area contributed by atoms with E-state index >= 15 is 0 Å². The van der Waals surface area contributed by atoms with Crippen LogP contribution in [0.4, 0.5) is 15.8 Å². The zero-order valence-electron chi connectivity index (χ0n) is 16.5. The number of nitrogens with one attached hydrogen (secondary N) is 2. The number of hydrogen-bond acceptors (Lipinski definition) is 4. The number of aromatic nitrogens is 1. The van der Waals surface area contributed by atoms with Gasteiger partial charge in [0, 0.05) is 29.9 Å². The van der Waals surface area contributed by atoms with Gasteiger partial charge < -0.3 is 20.3 Å². The highest BCUT2D eigenvalue weighted by atomic mass is 19.1. The maximum Gasteiger partial charge on any atom is 0.198 e. The van der Waals surface area contributed by atoms with Crippen molar-refractivity contribution in [1.82, 2.24) is 9.88 Å². The molecule has 1 atom stereocenters. The summed E-state index contributed by atoms with van der Waals surface area (Å²) in [6.07, 6.45) is 1.49. The maximum atomic E-state index is 14.1. The fraction of sp³-hybridized carbons (Fsp3) is 0.318. The topological polar surface area (TPSA) is 63.6 Å². The summed E-state index contributed by atoms with van der Waals surface area (Å²) in [5.41, 5.74) is 2.65. The molecule has 0 saturated heterocycles. The van der Waals surface area contributed by atoms with Crippen molar-refractivity contribution in [2.75, 3.05) is 25.0 Å². The van der Waals surface area contributed by atoms with E-state index < -0.39 is 5.82 Å². The Labute approximate surface area is 164 Å². The second kappa shape index (κ2) is 8.89. The standard InChI is InChI=1S/C22H27FN4O/c1-4-27(5-2)14-15(3)25-17-11-9-16(10-12-17)24-13-18-21-19(23)7-6-8-20(21)26-22(18)28/h6-13,15,25-26,28H,4-5,14H2,1-3H3. The molecule has 0 saturated carbocycles. The molecular formula is C22H27FN4O. The van der Waals surface area contributed by atoms with Crippen LogP contribution >= 0.6 is 0 Å². The summed E-state index contributed by atoms with van der Waals surface area (Å²) < 4.78 is 14.1. The minimum absolute atomic E-state index is 0.0904. The van der Waals surface area contributed by atoms with Crippen molar-refractivity contribution in [3.63, 3.8) is 0 Å². The van der Waals surface area contributed by atoms with Crippen LogP contribution < -0.4 is 5.32 Å². The van der Waals surface area contributed by atoms with Gasteiger partial charge in [-0.1, -0.05) is 19.9 Å². The number of fused-ring (bicyclic) bond motifs is 1. The number of hydrogen-bond donors (Lipinski definition) is 3. The van der Waals surface area contributed by atoms with Gasteiger partial charge in [-0.25, -0.2) is 4.39 Å². The summed E-state index contributed by atoms with van der Waals surface area (Å²) in [4.78, 5) is 9.54. The van der Waals surface area contributed by atoms with E-state index in [0.717, 1.165) is 31.0 Å². The van der Waals surface area contributed by atoms with Gasteiger partial charge in [-0.3, -0.25) is 4.99 Å². The molecule has 1 unspecified atom stereocenters. The molecule has 3 N–H and O–H groups in total. The first-order valence-corrected chi connectivity index (χ1v) is 9.64. The number of rotatable bonds is 8. The molecule has 1 heterocycles. The molecule has 0 aliphatic carbocycles. The average molecular weight is 382 g/mol. The number of aromatic hydroxyl groups is 1. The molecule has 0 bridgehead atoms. The van der Waals surface area contributed by atoms with E-state index in [1.807, 2.05) is 24.3 Å². The van der Waals surface area contributed by atoms with Crippen LogP contribution in [0.2, 0.25) is 0 Å². The summed E-state index contributed by atoms with van der Waals surface area (Å²) in [5.74, 6) is -0.482. The van der Waals surface area contributed by atoms with Crippen molar-refractivity contribution in [1.29, 1.82) is 0 Å². The van der Waals surface area contributed by atoms with Crippen LogP contribution in [0.1, 0.15) is 26.3 Å². The smallest absolute Gasteiger partial charge is 0.198 e. The first-order chi connectivity index (χ1) is 13.5. The molecular weight excluding hydrogens is 355 g/mol. The summed E-state index contributed by atoms with van der Waals surface area (Å²) in [6, 6.07) is 12.8. The fourth-order valence-corrected chi connectivity index (χ4v) is 3.32. The van der Waals surface area contributed by atoms with Gasteiger partial charge in [-0.15, -0.1) is 0 Å². The highest BCUT2D eigenvalue weighted by Gasteiger charge is 2.12. The quantitative estimate of drug-likeness (QED) is 0.485. The van der Waals surface area contributed by atoms with E-state index in [-0.39, 0.29) is 5.88 Å². The summed E-state index contributed by atoms with van der Waals surface area (Å²) >= 11 is 0. The van der Waals surface area contributed by atoms with E-state index in [2.05, 4.69) is 41.0 Å². The third-order valence-electron chi connectivity index (χ3n) is 4.84. The Hall–Kier alpha value is -2.86. The van der Waals surface area contributed by atoms with Crippen molar-refractivity contribution >= 4 is 28.5 Å². The second-order valence-electron chi connectivity index (χ2n) is 6.89. The first kappa shape index (κ1) is 19.9. The highest BCUT2D eigenvalue weighted by Crippen LogP contribution is 2.28. The Balaban J connectivity index is 1.70. The Morgan fingerprint density at radius 1 is 1.18 bits per heavy atom. The van der Waals surface area contributed by atoms with Gasteiger partial charge in [-0.05, 0) is 56.4 Å².